The zero-order valence-corrected chi connectivity index (χ0v) is 10.7. The summed E-state index contributed by atoms with van der Waals surface area (Å²) in [6, 6.07) is 0. The lowest BCUT2D eigenvalue weighted by molar-refractivity contribution is -0.116. The van der Waals surface area contributed by atoms with Crippen LogP contribution >= 0.6 is 0 Å². The van der Waals surface area contributed by atoms with Crippen molar-refractivity contribution in [2.45, 2.75) is 70.3 Å². The van der Waals surface area contributed by atoms with Crippen molar-refractivity contribution in [3.8, 4) is 0 Å². The van der Waals surface area contributed by atoms with Crippen LogP contribution in [0.2, 0.25) is 0 Å². The number of hydrogen-bond acceptors (Lipinski definition) is 2. The molecule has 2 aliphatic carbocycles. The molecule has 94 valence electrons. The zero-order chi connectivity index (χ0) is 11.6. The molecule has 16 heavy (non-hydrogen) atoms. The first kappa shape index (κ1) is 12.4. The van der Waals surface area contributed by atoms with Crippen LogP contribution < -0.4 is 5.73 Å². The molecule has 0 spiro atoms. The van der Waals surface area contributed by atoms with Crippen molar-refractivity contribution in [3.05, 3.63) is 0 Å². The Morgan fingerprint density at radius 1 is 1.19 bits per heavy atom. The van der Waals surface area contributed by atoms with E-state index in [9.17, 15) is 5.11 Å². The molecular weight excluding hydrogens is 198 g/mol. The normalized spacial score (nSPS) is 38.8. The van der Waals surface area contributed by atoms with Gasteiger partial charge >= 0.3 is 0 Å². The molecule has 2 fully saturated rings. The summed E-state index contributed by atoms with van der Waals surface area (Å²) in [6.45, 7) is 2.93. The molecule has 2 aliphatic rings. The SMILES string of the molecule is CCC1CCCC(O)(C2(CN)CCCC2)C1. The third-order valence-electron chi connectivity index (χ3n) is 5.35. The van der Waals surface area contributed by atoms with Crippen molar-refractivity contribution in [1.82, 2.24) is 0 Å². The summed E-state index contributed by atoms with van der Waals surface area (Å²) in [5.74, 6) is 0.725. The average molecular weight is 225 g/mol. The van der Waals surface area contributed by atoms with Crippen molar-refractivity contribution in [2.24, 2.45) is 17.1 Å². The van der Waals surface area contributed by atoms with Gasteiger partial charge in [0.05, 0.1) is 5.60 Å². The molecule has 2 atom stereocenters. The van der Waals surface area contributed by atoms with E-state index < -0.39 is 5.60 Å². The molecule has 0 bridgehead atoms. The van der Waals surface area contributed by atoms with E-state index >= 15 is 0 Å². The van der Waals surface area contributed by atoms with E-state index in [1.807, 2.05) is 0 Å². The maximum absolute atomic E-state index is 11.0. The fourth-order valence-electron chi connectivity index (χ4n) is 4.11. The van der Waals surface area contributed by atoms with E-state index in [0.717, 1.165) is 31.6 Å². The summed E-state index contributed by atoms with van der Waals surface area (Å²) in [7, 11) is 0. The van der Waals surface area contributed by atoms with Gasteiger partial charge in [-0.2, -0.15) is 0 Å². The molecule has 0 radical (unpaired) electrons. The van der Waals surface area contributed by atoms with Crippen LogP contribution in [0.15, 0.2) is 0 Å². The molecule has 0 saturated heterocycles. The van der Waals surface area contributed by atoms with Crippen LogP contribution in [0.3, 0.4) is 0 Å². The van der Waals surface area contributed by atoms with Crippen LogP contribution in [-0.4, -0.2) is 17.3 Å². The topological polar surface area (TPSA) is 46.2 Å². The monoisotopic (exact) mass is 225 g/mol. The van der Waals surface area contributed by atoms with E-state index in [2.05, 4.69) is 6.92 Å². The molecule has 0 aromatic heterocycles. The fraction of sp³-hybridized carbons (Fsp3) is 1.00. The lowest BCUT2D eigenvalue weighted by Crippen LogP contribution is -2.53. The van der Waals surface area contributed by atoms with Gasteiger partial charge < -0.3 is 10.8 Å². The van der Waals surface area contributed by atoms with Crippen LogP contribution in [-0.2, 0) is 0 Å². The Bertz CT molecular complexity index is 235. The zero-order valence-electron chi connectivity index (χ0n) is 10.7. The minimum Gasteiger partial charge on any atom is -0.389 e. The van der Waals surface area contributed by atoms with Crippen molar-refractivity contribution >= 4 is 0 Å². The molecular formula is C14H27NO. The second kappa shape index (κ2) is 4.66. The predicted octanol–water partition coefficient (Wildman–Crippen LogP) is 2.84. The fourth-order valence-corrected chi connectivity index (χ4v) is 4.11. The molecule has 2 nitrogen and oxygen atoms in total. The molecule has 2 saturated carbocycles. The van der Waals surface area contributed by atoms with Crippen molar-refractivity contribution in [3.63, 3.8) is 0 Å². The highest BCUT2D eigenvalue weighted by Crippen LogP contribution is 2.52. The van der Waals surface area contributed by atoms with Crippen LogP contribution in [0.5, 0.6) is 0 Å². The molecule has 2 heteroatoms. The summed E-state index contributed by atoms with van der Waals surface area (Å²) >= 11 is 0. The standard InChI is InChI=1S/C14H27NO/c1-2-12-6-5-9-14(16,10-12)13(11-15)7-3-4-8-13/h12,16H,2-11,15H2,1H3. The Labute approximate surface area is 99.6 Å². The van der Waals surface area contributed by atoms with Crippen LogP contribution in [0.1, 0.15) is 64.7 Å². The van der Waals surface area contributed by atoms with Crippen LogP contribution in [0, 0.1) is 11.3 Å². The summed E-state index contributed by atoms with van der Waals surface area (Å²) < 4.78 is 0. The van der Waals surface area contributed by atoms with Gasteiger partial charge in [0.15, 0.2) is 0 Å². The second-order valence-electron chi connectivity index (χ2n) is 6.09. The van der Waals surface area contributed by atoms with Gasteiger partial charge in [0.25, 0.3) is 0 Å². The molecule has 3 N–H and O–H groups in total. The number of nitrogens with two attached hydrogens (primary N) is 1. The largest absolute Gasteiger partial charge is 0.389 e. The summed E-state index contributed by atoms with van der Waals surface area (Å²) in [5, 5.41) is 11.0. The summed E-state index contributed by atoms with van der Waals surface area (Å²) in [5.41, 5.74) is 5.62. The first-order valence-electron chi connectivity index (χ1n) is 7.08. The molecule has 0 amide bonds. The highest BCUT2D eigenvalue weighted by molar-refractivity contribution is 5.04. The Kier molecular flexibility index (Phi) is 3.60. The number of hydrogen-bond donors (Lipinski definition) is 2. The highest BCUT2D eigenvalue weighted by atomic mass is 16.3. The third-order valence-corrected chi connectivity index (χ3v) is 5.35. The molecule has 0 aliphatic heterocycles. The van der Waals surface area contributed by atoms with E-state index in [1.165, 1.54) is 32.1 Å². The van der Waals surface area contributed by atoms with Gasteiger partial charge in [-0.25, -0.2) is 0 Å². The number of aliphatic hydroxyl groups is 1. The Morgan fingerprint density at radius 3 is 2.44 bits per heavy atom. The minimum absolute atomic E-state index is 0.0564. The van der Waals surface area contributed by atoms with Crippen molar-refractivity contribution < 1.29 is 5.11 Å². The first-order valence-corrected chi connectivity index (χ1v) is 7.08. The predicted molar refractivity (Wildman–Crippen MR) is 67.2 cm³/mol. The van der Waals surface area contributed by atoms with Gasteiger partial charge in [0, 0.05) is 12.0 Å². The molecule has 2 rings (SSSR count). The Balaban J connectivity index is 2.15. The van der Waals surface area contributed by atoms with Gasteiger partial charge in [0.2, 0.25) is 0 Å². The van der Waals surface area contributed by atoms with Gasteiger partial charge in [-0.1, -0.05) is 39.0 Å². The average Bonchev–Trinajstić information content (AvgIpc) is 2.79. The van der Waals surface area contributed by atoms with Crippen molar-refractivity contribution in [2.75, 3.05) is 6.54 Å². The van der Waals surface area contributed by atoms with Gasteiger partial charge in [-0.05, 0) is 31.6 Å². The van der Waals surface area contributed by atoms with Crippen LogP contribution in [0.25, 0.3) is 0 Å². The highest BCUT2D eigenvalue weighted by Gasteiger charge is 2.51. The third kappa shape index (κ3) is 1.91. The minimum atomic E-state index is -0.447. The lowest BCUT2D eigenvalue weighted by Gasteiger charge is -2.49. The lowest BCUT2D eigenvalue weighted by atomic mass is 9.61. The smallest absolute Gasteiger partial charge is 0.0718 e. The second-order valence-corrected chi connectivity index (χ2v) is 6.09. The number of rotatable bonds is 3. The molecule has 0 heterocycles. The van der Waals surface area contributed by atoms with Crippen LogP contribution in [0.4, 0.5) is 0 Å². The van der Waals surface area contributed by atoms with E-state index in [-0.39, 0.29) is 5.41 Å². The summed E-state index contributed by atoms with van der Waals surface area (Å²) in [6.07, 6.45) is 10.5. The Morgan fingerprint density at radius 2 is 1.88 bits per heavy atom. The maximum atomic E-state index is 11.0. The van der Waals surface area contributed by atoms with Gasteiger partial charge in [-0.15, -0.1) is 0 Å². The Hall–Kier alpha value is -0.0800. The quantitative estimate of drug-likeness (QED) is 0.776. The summed E-state index contributed by atoms with van der Waals surface area (Å²) in [4.78, 5) is 0. The molecule has 0 aromatic carbocycles. The van der Waals surface area contributed by atoms with Gasteiger partial charge in [0.1, 0.15) is 0 Å². The molecule has 2 unspecified atom stereocenters. The van der Waals surface area contributed by atoms with E-state index in [0.29, 0.717) is 6.54 Å². The maximum Gasteiger partial charge on any atom is 0.0718 e. The molecule has 0 aromatic rings. The van der Waals surface area contributed by atoms with Gasteiger partial charge in [-0.3, -0.25) is 0 Å². The van der Waals surface area contributed by atoms with Crippen molar-refractivity contribution in [1.29, 1.82) is 0 Å². The van der Waals surface area contributed by atoms with E-state index in [1.54, 1.807) is 0 Å². The first-order chi connectivity index (χ1) is 7.66. The van der Waals surface area contributed by atoms with E-state index in [4.69, 9.17) is 5.73 Å².